The van der Waals surface area contributed by atoms with E-state index in [1.54, 1.807) is 26.3 Å². The molecule has 1 aliphatic rings. The van der Waals surface area contributed by atoms with Crippen molar-refractivity contribution in [2.45, 2.75) is 6.04 Å². The molecule has 0 bridgehead atoms. The van der Waals surface area contributed by atoms with Crippen molar-refractivity contribution in [3.8, 4) is 17.2 Å². The van der Waals surface area contributed by atoms with Crippen molar-refractivity contribution >= 4 is 11.6 Å². The number of hydrogen-bond acceptors (Lipinski definition) is 5. The van der Waals surface area contributed by atoms with E-state index in [1.807, 2.05) is 78.9 Å². The third-order valence-electron chi connectivity index (χ3n) is 5.24. The maximum absolute atomic E-state index is 13.3. The molecule has 0 saturated heterocycles. The van der Waals surface area contributed by atoms with Gasteiger partial charge >= 0.3 is 0 Å². The summed E-state index contributed by atoms with van der Waals surface area (Å²) in [6.45, 7) is 0. The van der Waals surface area contributed by atoms with E-state index in [0.29, 0.717) is 17.1 Å². The zero-order valence-electron chi connectivity index (χ0n) is 17.7. The number of hydrogen-bond donors (Lipinski definition) is 1. The molecule has 0 unspecified atom stereocenters. The van der Waals surface area contributed by atoms with Gasteiger partial charge in [-0.15, -0.1) is 0 Å². The molecular formula is C25H24N2O4. The van der Waals surface area contributed by atoms with Crippen molar-refractivity contribution in [2.75, 3.05) is 21.3 Å². The van der Waals surface area contributed by atoms with Crippen molar-refractivity contribution in [2.24, 2.45) is 0 Å². The van der Waals surface area contributed by atoms with Gasteiger partial charge in [-0.25, -0.2) is 5.01 Å². The number of carbonyl (C=O) groups excluding carboxylic acids is 1. The second-order valence-corrected chi connectivity index (χ2v) is 7.02. The first kappa shape index (κ1) is 20.3. The van der Waals surface area contributed by atoms with Crippen LogP contribution < -0.4 is 19.6 Å². The van der Waals surface area contributed by atoms with Crippen molar-refractivity contribution in [3.05, 3.63) is 95.6 Å². The SMILES string of the molecule is COc1ccc([C@H]2C=C(c3ccc(OC)c(OC)c3)NN2C(=O)c2ccccc2)cc1. The van der Waals surface area contributed by atoms with Gasteiger partial charge in [0, 0.05) is 11.1 Å². The predicted octanol–water partition coefficient (Wildman–Crippen LogP) is 4.46. The fourth-order valence-electron chi connectivity index (χ4n) is 3.58. The van der Waals surface area contributed by atoms with Crippen LogP contribution in [0.3, 0.4) is 0 Å². The summed E-state index contributed by atoms with van der Waals surface area (Å²) in [5, 5.41) is 1.64. The summed E-state index contributed by atoms with van der Waals surface area (Å²) in [7, 11) is 4.83. The van der Waals surface area contributed by atoms with E-state index in [9.17, 15) is 4.79 Å². The number of rotatable bonds is 6. The molecule has 1 atom stereocenters. The Morgan fingerprint density at radius 3 is 2.19 bits per heavy atom. The first-order valence-corrected chi connectivity index (χ1v) is 9.88. The highest BCUT2D eigenvalue weighted by atomic mass is 16.5. The number of amides is 1. The van der Waals surface area contributed by atoms with Crippen LogP contribution in [0.15, 0.2) is 78.9 Å². The van der Waals surface area contributed by atoms with Crippen LogP contribution in [0.5, 0.6) is 17.2 Å². The van der Waals surface area contributed by atoms with E-state index in [0.717, 1.165) is 22.6 Å². The molecule has 1 aliphatic heterocycles. The summed E-state index contributed by atoms with van der Waals surface area (Å²) < 4.78 is 16.1. The molecule has 4 rings (SSSR count). The first-order valence-electron chi connectivity index (χ1n) is 9.88. The van der Waals surface area contributed by atoms with Crippen molar-refractivity contribution in [1.29, 1.82) is 0 Å². The molecule has 0 aliphatic carbocycles. The Balaban J connectivity index is 1.73. The van der Waals surface area contributed by atoms with Gasteiger partial charge in [0.15, 0.2) is 11.5 Å². The van der Waals surface area contributed by atoms with Crippen molar-refractivity contribution < 1.29 is 19.0 Å². The number of nitrogens with one attached hydrogen (secondary N) is 1. The highest BCUT2D eigenvalue weighted by Gasteiger charge is 2.31. The Hall–Kier alpha value is -3.93. The van der Waals surface area contributed by atoms with Gasteiger partial charge in [0.05, 0.1) is 33.1 Å². The van der Waals surface area contributed by atoms with Gasteiger partial charge in [-0.2, -0.15) is 0 Å². The minimum Gasteiger partial charge on any atom is -0.497 e. The quantitative estimate of drug-likeness (QED) is 0.643. The summed E-state index contributed by atoms with van der Waals surface area (Å²) in [4.78, 5) is 13.3. The van der Waals surface area contributed by atoms with Gasteiger partial charge in [-0.3, -0.25) is 10.2 Å². The van der Waals surface area contributed by atoms with Gasteiger partial charge in [-0.1, -0.05) is 30.3 Å². The average molecular weight is 416 g/mol. The van der Waals surface area contributed by atoms with Crippen molar-refractivity contribution in [3.63, 3.8) is 0 Å². The van der Waals surface area contributed by atoms with Gasteiger partial charge in [0.2, 0.25) is 0 Å². The lowest BCUT2D eigenvalue weighted by Crippen LogP contribution is -2.39. The Bertz CT molecular complexity index is 1090. The number of nitrogens with zero attached hydrogens (tertiary/aromatic N) is 1. The van der Waals surface area contributed by atoms with E-state index in [1.165, 1.54) is 0 Å². The molecule has 0 saturated carbocycles. The smallest absolute Gasteiger partial charge is 0.273 e. The molecular weight excluding hydrogens is 392 g/mol. The standard InChI is InChI=1S/C25H24N2O4/c1-29-20-12-9-17(10-13-20)22-16-21(19-11-14-23(30-2)24(15-19)31-3)26-27(22)25(28)18-7-5-4-6-8-18/h4-16,22,26H,1-3H3/t22-/m1/s1. The van der Waals surface area contributed by atoms with E-state index in [-0.39, 0.29) is 11.9 Å². The fraction of sp³-hybridized carbons (Fsp3) is 0.160. The van der Waals surface area contributed by atoms with E-state index in [2.05, 4.69) is 5.43 Å². The second kappa shape index (κ2) is 8.83. The minimum atomic E-state index is -0.290. The predicted molar refractivity (Wildman–Crippen MR) is 119 cm³/mol. The Morgan fingerprint density at radius 1 is 0.839 bits per heavy atom. The zero-order valence-corrected chi connectivity index (χ0v) is 17.7. The first-order chi connectivity index (χ1) is 15.1. The maximum atomic E-state index is 13.3. The summed E-state index contributed by atoms with van der Waals surface area (Å²) >= 11 is 0. The van der Waals surface area contributed by atoms with Crippen LogP contribution in [0.2, 0.25) is 0 Å². The van der Waals surface area contributed by atoms with E-state index < -0.39 is 0 Å². The largest absolute Gasteiger partial charge is 0.497 e. The molecule has 1 heterocycles. The summed E-state index contributed by atoms with van der Waals surface area (Å²) in [5.41, 5.74) is 6.56. The van der Waals surface area contributed by atoms with Crippen LogP contribution in [-0.4, -0.2) is 32.2 Å². The molecule has 1 amide bonds. The lowest BCUT2D eigenvalue weighted by Gasteiger charge is -2.26. The van der Waals surface area contributed by atoms with Crippen LogP contribution >= 0.6 is 0 Å². The number of carbonyl (C=O) groups is 1. The summed E-state index contributed by atoms with van der Waals surface area (Å²) in [6, 6.07) is 22.3. The maximum Gasteiger partial charge on any atom is 0.273 e. The van der Waals surface area contributed by atoms with Crippen LogP contribution in [-0.2, 0) is 0 Å². The Morgan fingerprint density at radius 2 is 1.55 bits per heavy atom. The van der Waals surface area contributed by atoms with Gasteiger partial charge < -0.3 is 14.2 Å². The minimum absolute atomic E-state index is 0.117. The summed E-state index contributed by atoms with van der Waals surface area (Å²) in [5.74, 6) is 1.91. The van der Waals surface area contributed by atoms with Crippen LogP contribution in [0.25, 0.3) is 5.70 Å². The topological polar surface area (TPSA) is 60.0 Å². The van der Waals surface area contributed by atoms with Crippen molar-refractivity contribution in [1.82, 2.24) is 10.4 Å². The number of hydrazine groups is 1. The fourth-order valence-corrected chi connectivity index (χ4v) is 3.58. The third kappa shape index (κ3) is 4.05. The Kier molecular flexibility index (Phi) is 5.80. The highest BCUT2D eigenvalue weighted by Crippen LogP contribution is 2.36. The molecule has 6 heteroatoms. The third-order valence-corrected chi connectivity index (χ3v) is 5.24. The molecule has 0 spiro atoms. The molecule has 0 aromatic heterocycles. The van der Waals surface area contributed by atoms with Crippen LogP contribution in [0.1, 0.15) is 27.5 Å². The molecule has 31 heavy (non-hydrogen) atoms. The highest BCUT2D eigenvalue weighted by molar-refractivity contribution is 5.95. The molecule has 0 fully saturated rings. The molecule has 158 valence electrons. The van der Waals surface area contributed by atoms with Gasteiger partial charge in [0.25, 0.3) is 5.91 Å². The van der Waals surface area contributed by atoms with Gasteiger partial charge in [-0.05, 0) is 54.1 Å². The molecule has 0 radical (unpaired) electrons. The number of benzene rings is 3. The molecule has 3 aromatic carbocycles. The van der Waals surface area contributed by atoms with E-state index >= 15 is 0 Å². The van der Waals surface area contributed by atoms with Gasteiger partial charge in [0.1, 0.15) is 5.75 Å². The average Bonchev–Trinajstić information content (AvgIpc) is 3.29. The summed E-state index contributed by atoms with van der Waals surface area (Å²) in [6.07, 6.45) is 2.03. The monoisotopic (exact) mass is 416 g/mol. The molecule has 3 aromatic rings. The second-order valence-electron chi connectivity index (χ2n) is 7.02. The Labute approximate surface area is 181 Å². The normalized spacial score (nSPS) is 15.1. The lowest BCUT2D eigenvalue weighted by molar-refractivity contribution is 0.0672. The van der Waals surface area contributed by atoms with Crippen LogP contribution in [0.4, 0.5) is 0 Å². The molecule has 6 nitrogen and oxygen atoms in total. The van der Waals surface area contributed by atoms with E-state index in [4.69, 9.17) is 14.2 Å². The number of ether oxygens (including phenoxy) is 3. The van der Waals surface area contributed by atoms with Crippen LogP contribution in [0, 0.1) is 0 Å². The lowest BCUT2D eigenvalue weighted by atomic mass is 10.0. The zero-order chi connectivity index (χ0) is 21.8. The molecule has 1 N–H and O–H groups in total. The number of methoxy groups -OCH3 is 3.